The molecule has 2 nitrogen and oxygen atoms in total. The van der Waals surface area contributed by atoms with E-state index < -0.39 is 0 Å². The molecule has 2 heterocycles. The summed E-state index contributed by atoms with van der Waals surface area (Å²) in [4.78, 5) is 0. The van der Waals surface area contributed by atoms with E-state index in [4.69, 9.17) is 1.41 Å². The molecule has 0 aromatic rings. The monoisotopic (exact) mass is 113 g/mol. The highest BCUT2D eigenvalue weighted by Gasteiger charge is 2.38. The Balaban J connectivity index is 1.99. The van der Waals surface area contributed by atoms with E-state index in [-0.39, 0.29) is 0 Å². The Morgan fingerprint density at radius 1 is 1.38 bits per heavy atom. The first kappa shape index (κ1) is 3.85. The van der Waals surface area contributed by atoms with E-state index in [2.05, 4.69) is 5.32 Å². The molecule has 2 heteroatoms. The number of hydrogen-bond acceptors (Lipinski definition) is 2. The highest BCUT2D eigenvalue weighted by atomic mass is 15.1. The Labute approximate surface area is 51.1 Å². The predicted molar refractivity (Wildman–Crippen MR) is 32.8 cm³/mol. The van der Waals surface area contributed by atoms with Gasteiger partial charge in [0.15, 0.2) is 0 Å². The minimum Gasteiger partial charge on any atom is -0.315 e. The predicted octanol–water partition coefficient (Wildman–Crippen LogP) is -0.288. The zero-order valence-electron chi connectivity index (χ0n) is 5.98. The summed E-state index contributed by atoms with van der Waals surface area (Å²) in [6, 6.07) is 0. The minimum absolute atomic E-state index is 0.377. The van der Waals surface area contributed by atoms with Gasteiger partial charge in [-0.15, -0.1) is 0 Å². The van der Waals surface area contributed by atoms with Crippen molar-refractivity contribution >= 4 is 0 Å². The fraction of sp³-hybridized carbons (Fsp3) is 1.00. The number of hydrogen-bond donors (Lipinski definition) is 2. The summed E-state index contributed by atoms with van der Waals surface area (Å²) >= 11 is 0. The van der Waals surface area contributed by atoms with E-state index in [1.807, 2.05) is 0 Å². The Hall–Kier alpha value is -0.0800. The van der Waals surface area contributed by atoms with Gasteiger partial charge in [-0.3, -0.25) is 0 Å². The zero-order valence-corrected chi connectivity index (χ0v) is 4.98. The Morgan fingerprint density at radius 2 is 2.25 bits per heavy atom. The van der Waals surface area contributed by atoms with Crippen LogP contribution in [0.2, 0.25) is 1.41 Å². The number of nitrogens with one attached hydrogen (secondary N) is 2. The molecule has 46 valence electrons. The fourth-order valence-corrected chi connectivity index (χ4v) is 1.49. The van der Waals surface area contributed by atoms with Crippen molar-refractivity contribution in [1.82, 2.24) is 10.6 Å². The maximum absolute atomic E-state index is 7.32. The van der Waals surface area contributed by atoms with Crippen molar-refractivity contribution in [2.24, 2.45) is 0 Å². The van der Waals surface area contributed by atoms with Gasteiger partial charge in [0.05, 0.1) is 0 Å². The van der Waals surface area contributed by atoms with Gasteiger partial charge in [-0.1, -0.05) is 0 Å². The molecule has 2 N–H and O–H groups in total. The van der Waals surface area contributed by atoms with Crippen LogP contribution in [0.15, 0.2) is 0 Å². The second-order valence-electron chi connectivity index (χ2n) is 2.81. The summed E-state index contributed by atoms with van der Waals surface area (Å²) in [7, 11) is 0. The summed E-state index contributed by atoms with van der Waals surface area (Å²) in [5, 5.41) is 5.05. The molecule has 2 aliphatic heterocycles. The quantitative estimate of drug-likeness (QED) is 0.451. The van der Waals surface area contributed by atoms with E-state index in [1.165, 1.54) is 12.8 Å². The molecular weight excluding hydrogens is 100 g/mol. The normalized spacial score (nSPS) is 49.2. The van der Waals surface area contributed by atoms with Crippen LogP contribution in [0, 0.1) is 0 Å². The Kier molecular flexibility index (Phi) is 0.700. The van der Waals surface area contributed by atoms with E-state index in [0.717, 1.165) is 19.6 Å². The van der Waals surface area contributed by atoms with Gasteiger partial charge in [-0.25, -0.2) is 0 Å². The maximum atomic E-state index is 7.32. The molecule has 2 fully saturated rings. The smallest absolute Gasteiger partial charge is 0.122 e. The summed E-state index contributed by atoms with van der Waals surface area (Å²) in [6.07, 6.45) is 2.46. The average Bonchev–Trinajstić information content (AvgIpc) is 2.09. The lowest BCUT2D eigenvalue weighted by atomic mass is 9.87. The third kappa shape index (κ3) is 0.501. The van der Waals surface area contributed by atoms with Crippen molar-refractivity contribution in [2.45, 2.75) is 18.4 Å². The van der Waals surface area contributed by atoms with Gasteiger partial charge in [0.2, 0.25) is 0 Å². The van der Waals surface area contributed by atoms with Gasteiger partial charge in [-0.2, -0.15) is 0 Å². The topological polar surface area (TPSA) is 24.1 Å². The van der Waals surface area contributed by atoms with Crippen LogP contribution in [0.5, 0.6) is 0 Å². The van der Waals surface area contributed by atoms with E-state index in [9.17, 15) is 0 Å². The molecule has 2 rings (SSSR count). The molecule has 0 saturated carbocycles. The lowest BCUT2D eigenvalue weighted by Gasteiger charge is -2.39. The molecule has 0 radical (unpaired) electrons. The summed E-state index contributed by atoms with van der Waals surface area (Å²) in [5.41, 5.74) is 0.377. The Morgan fingerprint density at radius 3 is 2.50 bits per heavy atom. The number of rotatable bonds is 0. The summed E-state index contributed by atoms with van der Waals surface area (Å²) in [5.74, 6) is 0. The van der Waals surface area contributed by atoms with E-state index in [0.29, 0.717) is 5.54 Å². The Bertz CT molecular complexity index is 122. The van der Waals surface area contributed by atoms with Gasteiger partial charge < -0.3 is 10.6 Å². The second kappa shape index (κ2) is 1.45. The van der Waals surface area contributed by atoms with Crippen LogP contribution in [0.25, 0.3) is 0 Å². The molecular formula is C6H12N2. The van der Waals surface area contributed by atoms with E-state index >= 15 is 0 Å². The lowest BCUT2D eigenvalue weighted by molar-refractivity contribution is 0.233. The summed E-state index contributed by atoms with van der Waals surface area (Å²) < 4.78 is 7.32. The highest BCUT2D eigenvalue weighted by molar-refractivity contribution is 5.02. The SMILES string of the molecule is [2H]N1CCC2(CCN2)C1. The molecule has 0 aliphatic carbocycles. The van der Waals surface area contributed by atoms with E-state index in [1.54, 1.807) is 5.31 Å². The third-order valence-electron chi connectivity index (χ3n) is 2.27. The van der Waals surface area contributed by atoms with Crippen LogP contribution in [-0.4, -0.2) is 25.2 Å². The first-order chi connectivity index (χ1) is 4.31. The van der Waals surface area contributed by atoms with Crippen molar-refractivity contribution in [3.05, 3.63) is 0 Å². The standard InChI is InChI=1S/C6H12N2/c1-3-7-5-6(1)2-4-8-6/h7-8H,1-5H2/i/hD. The van der Waals surface area contributed by atoms with Crippen molar-refractivity contribution in [2.75, 3.05) is 19.6 Å². The van der Waals surface area contributed by atoms with Gasteiger partial charge >= 0.3 is 0 Å². The summed E-state index contributed by atoms with van der Waals surface area (Å²) in [6.45, 7) is 3.05. The molecule has 0 amide bonds. The van der Waals surface area contributed by atoms with Crippen LogP contribution in [0.1, 0.15) is 12.8 Å². The van der Waals surface area contributed by atoms with Gasteiger partial charge in [-0.05, 0) is 25.9 Å². The van der Waals surface area contributed by atoms with Crippen LogP contribution < -0.4 is 10.6 Å². The molecule has 1 spiro atoms. The molecule has 2 aliphatic rings. The molecule has 1 atom stereocenters. The maximum Gasteiger partial charge on any atom is 0.122 e. The molecule has 1 unspecified atom stereocenters. The van der Waals surface area contributed by atoms with Crippen LogP contribution in [0.4, 0.5) is 0 Å². The second-order valence-corrected chi connectivity index (χ2v) is 2.81. The third-order valence-corrected chi connectivity index (χ3v) is 2.27. The van der Waals surface area contributed by atoms with Gasteiger partial charge in [0.25, 0.3) is 0 Å². The van der Waals surface area contributed by atoms with Gasteiger partial charge in [0, 0.05) is 12.1 Å². The van der Waals surface area contributed by atoms with Crippen LogP contribution in [-0.2, 0) is 0 Å². The first-order valence-corrected chi connectivity index (χ1v) is 3.30. The largest absolute Gasteiger partial charge is 0.315 e. The van der Waals surface area contributed by atoms with Crippen molar-refractivity contribution in [3.63, 3.8) is 0 Å². The lowest BCUT2D eigenvalue weighted by Crippen LogP contribution is -2.58. The minimum atomic E-state index is 0.377. The first-order valence-electron chi connectivity index (χ1n) is 3.74. The van der Waals surface area contributed by atoms with Crippen LogP contribution >= 0.6 is 0 Å². The zero-order chi connectivity index (χ0) is 6.32. The van der Waals surface area contributed by atoms with Crippen molar-refractivity contribution in [3.8, 4) is 0 Å². The molecule has 0 bridgehead atoms. The molecule has 0 aromatic heterocycles. The highest BCUT2D eigenvalue weighted by Crippen LogP contribution is 2.24. The van der Waals surface area contributed by atoms with Gasteiger partial charge in [0.1, 0.15) is 1.41 Å². The fourth-order valence-electron chi connectivity index (χ4n) is 1.49. The molecule has 0 aromatic carbocycles. The molecule has 8 heavy (non-hydrogen) atoms. The van der Waals surface area contributed by atoms with Crippen LogP contribution in [0.3, 0.4) is 0 Å². The van der Waals surface area contributed by atoms with Crippen molar-refractivity contribution in [1.29, 1.82) is 0 Å². The van der Waals surface area contributed by atoms with Crippen molar-refractivity contribution < 1.29 is 1.41 Å². The molecule has 2 saturated heterocycles. The average molecular weight is 113 g/mol.